The summed E-state index contributed by atoms with van der Waals surface area (Å²) in [5, 5.41) is 2.95. The maximum Gasteiger partial charge on any atom is 0.243 e. The minimum atomic E-state index is -3.54. The van der Waals surface area contributed by atoms with E-state index >= 15 is 0 Å². The third-order valence-electron chi connectivity index (χ3n) is 5.41. The van der Waals surface area contributed by atoms with Gasteiger partial charge in [-0.15, -0.1) is 0 Å². The Hall–Kier alpha value is -2.22. The molecule has 29 heavy (non-hydrogen) atoms. The zero-order valence-electron chi connectivity index (χ0n) is 17.0. The van der Waals surface area contributed by atoms with Crippen molar-refractivity contribution in [1.29, 1.82) is 0 Å². The molecular formula is C22H29N3O3S. The maximum atomic E-state index is 13.0. The first-order chi connectivity index (χ1) is 13.9. The second kappa shape index (κ2) is 9.52. The molecule has 1 heterocycles. The largest absolute Gasteiger partial charge is 0.350 e. The Morgan fingerprint density at radius 1 is 1.03 bits per heavy atom. The SMILES string of the molecule is CN([C@H](C(=O)NCc1ccccc1CN1CCCC1)c1ccccc1)S(C)(=O)=O. The molecule has 0 radical (unpaired) electrons. The lowest BCUT2D eigenvalue weighted by Gasteiger charge is -2.26. The molecule has 156 valence electrons. The summed E-state index contributed by atoms with van der Waals surface area (Å²) in [4.78, 5) is 15.5. The number of sulfonamides is 1. The van der Waals surface area contributed by atoms with Gasteiger partial charge in [0.15, 0.2) is 0 Å². The molecule has 1 saturated heterocycles. The van der Waals surface area contributed by atoms with Crippen LogP contribution >= 0.6 is 0 Å². The molecule has 1 aliphatic rings. The molecule has 1 atom stereocenters. The summed E-state index contributed by atoms with van der Waals surface area (Å²) in [6, 6.07) is 16.2. The monoisotopic (exact) mass is 415 g/mol. The van der Waals surface area contributed by atoms with E-state index in [9.17, 15) is 13.2 Å². The Morgan fingerprint density at radius 3 is 2.24 bits per heavy atom. The zero-order valence-corrected chi connectivity index (χ0v) is 17.9. The Labute approximate surface area is 173 Å². The van der Waals surface area contributed by atoms with E-state index < -0.39 is 16.1 Å². The lowest BCUT2D eigenvalue weighted by molar-refractivity contribution is -0.125. The highest BCUT2D eigenvalue weighted by atomic mass is 32.2. The standard InChI is InChI=1S/C22H29N3O3S/c1-24(29(2,27)28)21(18-10-4-3-5-11-18)22(26)23-16-19-12-6-7-13-20(19)17-25-14-8-9-15-25/h3-7,10-13,21H,8-9,14-17H2,1-2H3,(H,23,26)/t21-/m0/s1. The van der Waals surface area contributed by atoms with Gasteiger partial charge in [-0.05, 0) is 42.6 Å². The van der Waals surface area contributed by atoms with Gasteiger partial charge in [0.1, 0.15) is 6.04 Å². The molecular weight excluding hydrogens is 386 g/mol. The van der Waals surface area contributed by atoms with Crippen molar-refractivity contribution in [3.8, 4) is 0 Å². The van der Waals surface area contributed by atoms with Crippen LogP contribution in [-0.4, -0.2) is 49.9 Å². The van der Waals surface area contributed by atoms with Crippen LogP contribution in [0, 0.1) is 0 Å². The third kappa shape index (κ3) is 5.65. The Morgan fingerprint density at radius 2 is 1.62 bits per heavy atom. The lowest BCUT2D eigenvalue weighted by Crippen LogP contribution is -2.41. The molecule has 0 spiro atoms. The fourth-order valence-corrected chi connectivity index (χ4v) is 4.30. The number of rotatable bonds is 8. The van der Waals surface area contributed by atoms with E-state index in [-0.39, 0.29) is 5.91 Å². The van der Waals surface area contributed by atoms with E-state index in [0.717, 1.165) is 35.8 Å². The number of nitrogens with zero attached hydrogens (tertiary/aromatic N) is 2. The molecule has 1 fully saturated rings. The summed E-state index contributed by atoms with van der Waals surface area (Å²) < 4.78 is 25.3. The fraction of sp³-hybridized carbons (Fsp3) is 0.409. The minimum absolute atomic E-state index is 0.333. The quantitative estimate of drug-likeness (QED) is 0.719. The van der Waals surface area contributed by atoms with Gasteiger partial charge in [-0.3, -0.25) is 9.69 Å². The van der Waals surface area contributed by atoms with Crippen molar-refractivity contribution in [2.24, 2.45) is 0 Å². The number of carbonyl (C=O) groups is 1. The van der Waals surface area contributed by atoms with Gasteiger partial charge in [-0.25, -0.2) is 8.42 Å². The summed E-state index contributed by atoms with van der Waals surface area (Å²) in [5.41, 5.74) is 2.90. The summed E-state index contributed by atoms with van der Waals surface area (Å²) >= 11 is 0. The highest BCUT2D eigenvalue weighted by Crippen LogP contribution is 2.22. The van der Waals surface area contributed by atoms with Crippen molar-refractivity contribution < 1.29 is 13.2 Å². The van der Waals surface area contributed by atoms with Crippen molar-refractivity contribution in [2.45, 2.75) is 32.0 Å². The predicted molar refractivity (Wildman–Crippen MR) is 115 cm³/mol. The van der Waals surface area contributed by atoms with Gasteiger partial charge in [0, 0.05) is 20.1 Å². The van der Waals surface area contributed by atoms with Crippen molar-refractivity contribution in [1.82, 2.24) is 14.5 Å². The highest BCUT2D eigenvalue weighted by Gasteiger charge is 2.30. The first-order valence-corrected chi connectivity index (χ1v) is 11.8. The van der Waals surface area contributed by atoms with Gasteiger partial charge in [-0.1, -0.05) is 54.6 Å². The molecule has 0 saturated carbocycles. The lowest BCUT2D eigenvalue weighted by atomic mass is 10.0. The predicted octanol–water partition coefficient (Wildman–Crippen LogP) is 2.53. The molecule has 0 aromatic heterocycles. The maximum absolute atomic E-state index is 13.0. The van der Waals surface area contributed by atoms with E-state index in [1.54, 1.807) is 24.3 Å². The first kappa shape index (κ1) is 21.5. The molecule has 0 aliphatic carbocycles. The van der Waals surface area contributed by atoms with Crippen LogP contribution in [0.4, 0.5) is 0 Å². The smallest absolute Gasteiger partial charge is 0.243 e. The van der Waals surface area contributed by atoms with Crippen LogP contribution in [0.15, 0.2) is 54.6 Å². The van der Waals surface area contributed by atoms with Crippen molar-refractivity contribution >= 4 is 15.9 Å². The molecule has 3 rings (SSSR count). The van der Waals surface area contributed by atoms with Crippen LogP contribution < -0.4 is 5.32 Å². The fourth-order valence-electron chi connectivity index (χ4n) is 3.70. The van der Waals surface area contributed by atoms with Crippen LogP contribution in [-0.2, 0) is 27.9 Å². The summed E-state index contributed by atoms with van der Waals surface area (Å²) in [6.07, 6.45) is 3.58. The summed E-state index contributed by atoms with van der Waals surface area (Å²) in [5.74, 6) is -0.333. The van der Waals surface area contributed by atoms with Gasteiger partial charge >= 0.3 is 0 Å². The average molecular weight is 416 g/mol. The van der Waals surface area contributed by atoms with Crippen molar-refractivity contribution in [3.05, 3.63) is 71.3 Å². The van der Waals surface area contributed by atoms with E-state index in [1.807, 2.05) is 24.3 Å². The van der Waals surface area contributed by atoms with Crippen LogP contribution in [0.1, 0.15) is 35.6 Å². The third-order valence-corrected chi connectivity index (χ3v) is 6.67. The van der Waals surface area contributed by atoms with E-state index in [1.165, 1.54) is 25.5 Å². The van der Waals surface area contributed by atoms with E-state index in [2.05, 4.69) is 16.3 Å². The molecule has 6 nitrogen and oxygen atoms in total. The number of likely N-dealkylation sites (N-methyl/N-ethyl adjacent to an activating group) is 1. The van der Waals surface area contributed by atoms with Crippen LogP contribution in [0.2, 0.25) is 0 Å². The summed E-state index contributed by atoms with van der Waals surface area (Å²) in [6.45, 7) is 3.45. The summed E-state index contributed by atoms with van der Waals surface area (Å²) in [7, 11) is -2.10. The highest BCUT2D eigenvalue weighted by molar-refractivity contribution is 7.88. The minimum Gasteiger partial charge on any atom is -0.350 e. The topological polar surface area (TPSA) is 69.7 Å². The number of carbonyl (C=O) groups excluding carboxylic acids is 1. The van der Waals surface area contributed by atoms with Gasteiger partial charge in [0.2, 0.25) is 15.9 Å². The molecule has 7 heteroatoms. The van der Waals surface area contributed by atoms with Crippen LogP contribution in [0.5, 0.6) is 0 Å². The number of benzene rings is 2. The molecule has 1 N–H and O–H groups in total. The first-order valence-electron chi connectivity index (χ1n) is 9.91. The number of nitrogens with one attached hydrogen (secondary N) is 1. The van der Waals surface area contributed by atoms with Gasteiger partial charge in [0.25, 0.3) is 0 Å². The van der Waals surface area contributed by atoms with Crippen molar-refractivity contribution in [3.63, 3.8) is 0 Å². The Bertz CT molecular complexity index is 925. The molecule has 0 unspecified atom stereocenters. The number of amides is 1. The second-order valence-corrected chi connectivity index (χ2v) is 9.60. The number of likely N-dealkylation sites (tertiary alicyclic amines) is 1. The number of hydrogen-bond acceptors (Lipinski definition) is 4. The Balaban J connectivity index is 1.75. The van der Waals surface area contributed by atoms with Gasteiger partial charge in [0.05, 0.1) is 6.26 Å². The Kier molecular flexibility index (Phi) is 7.05. The van der Waals surface area contributed by atoms with Gasteiger partial charge in [-0.2, -0.15) is 4.31 Å². The molecule has 2 aromatic rings. The molecule has 0 bridgehead atoms. The van der Waals surface area contributed by atoms with Crippen molar-refractivity contribution in [2.75, 3.05) is 26.4 Å². The van der Waals surface area contributed by atoms with E-state index in [0.29, 0.717) is 12.1 Å². The van der Waals surface area contributed by atoms with Crippen LogP contribution in [0.25, 0.3) is 0 Å². The zero-order chi connectivity index (χ0) is 20.9. The molecule has 1 aliphatic heterocycles. The number of hydrogen-bond donors (Lipinski definition) is 1. The van der Waals surface area contributed by atoms with E-state index in [4.69, 9.17) is 0 Å². The molecule has 2 aromatic carbocycles. The van der Waals surface area contributed by atoms with Gasteiger partial charge < -0.3 is 5.32 Å². The average Bonchev–Trinajstić information content (AvgIpc) is 3.21. The second-order valence-electron chi connectivity index (χ2n) is 7.56. The van der Waals surface area contributed by atoms with Crippen LogP contribution in [0.3, 0.4) is 0 Å². The molecule has 1 amide bonds. The normalized spacial score (nSPS) is 16.1.